The van der Waals surface area contributed by atoms with E-state index in [9.17, 15) is 4.79 Å². The molecular weight excluding hydrogens is 294 g/mol. The molecule has 1 unspecified atom stereocenters. The van der Waals surface area contributed by atoms with Crippen LogP contribution in [0.1, 0.15) is 6.42 Å². The number of thiol groups is 1. The molecular formula is C13H21N3O4S. The van der Waals surface area contributed by atoms with Gasteiger partial charge in [-0.15, -0.1) is 13.2 Å². The van der Waals surface area contributed by atoms with Crippen molar-refractivity contribution in [3.63, 3.8) is 0 Å². The largest absolute Gasteiger partial charge is 0.383 e. The van der Waals surface area contributed by atoms with Crippen molar-refractivity contribution >= 4 is 16.8 Å². The zero-order chi connectivity index (χ0) is 16.6. The van der Waals surface area contributed by atoms with Crippen LogP contribution in [0.15, 0.2) is 49.5 Å². The summed E-state index contributed by atoms with van der Waals surface area (Å²) in [6, 6.07) is 0. The van der Waals surface area contributed by atoms with Gasteiger partial charge in [0.2, 0.25) is 5.78 Å². The molecule has 0 aromatic rings. The van der Waals surface area contributed by atoms with E-state index in [1.54, 1.807) is 6.08 Å². The quantitative estimate of drug-likeness (QED) is 0.280. The molecule has 21 heavy (non-hydrogen) atoms. The lowest BCUT2D eigenvalue weighted by Crippen LogP contribution is -2.39. The van der Waals surface area contributed by atoms with Crippen molar-refractivity contribution in [2.75, 3.05) is 13.6 Å². The van der Waals surface area contributed by atoms with Crippen LogP contribution in [0.2, 0.25) is 0 Å². The van der Waals surface area contributed by atoms with Crippen LogP contribution >= 0.6 is 0 Å². The van der Waals surface area contributed by atoms with Crippen molar-refractivity contribution in [2.45, 2.75) is 12.6 Å². The monoisotopic (exact) mass is 315 g/mol. The van der Waals surface area contributed by atoms with Gasteiger partial charge in [-0.2, -0.15) is 0 Å². The number of hydrogen-bond donors (Lipinski definition) is 3. The van der Waals surface area contributed by atoms with Crippen LogP contribution in [0.4, 0.5) is 0 Å². The lowest BCUT2D eigenvalue weighted by atomic mass is 10.2. The predicted molar refractivity (Wildman–Crippen MR) is 82.6 cm³/mol. The van der Waals surface area contributed by atoms with Gasteiger partial charge >= 0.3 is 0 Å². The van der Waals surface area contributed by atoms with E-state index in [0.717, 1.165) is 6.42 Å². The highest BCUT2D eigenvalue weighted by atomic mass is 32.2. The third-order valence-corrected chi connectivity index (χ3v) is 2.84. The van der Waals surface area contributed by atoms with Gasteiger partial charge in [0.1, 0.15) is 17.7 Å². The van der Waals surface area contributed by atoms with Gasteiger partial charge in [0, 0.05) is 20.0 Å². The van der Waals surface area contributed by atoms with Gasteiger partial charge in [-0.1, -0.05) is 18.7 Å². The number of allylic oxidation sites excluding steroid dienone is 1. The minimum atomic E-state index is -3.12. The predicted octanol–water partition coefficient (Wildman–Crippen LogP) is 0.276. The zero-order valence-corrected chi connectivity index (χ0v) is 12.8. The second-order valence-electron chi connectivity index (χ2n) is 4.10. The summed E-state index contributed by atoms with van der Waals surface area (Å²) in [6.45, 7) is 11.5. The average molecular weight is 315 g/mol. The van der Waals surface area contributed by atoms with E-state index in [-0.39, 0.29) is 11.9 Å². The highest BCUT2D eigenvalue weighted by Gasteiger charge is 2.35. The molecule has 0 aromatic heterocycles. The van der Waals surface area contributed by atoms with Gasteiger partial charge in [-0.25, -0.2) is 8.42 Å². The maximum absolute atomic E-state index is 11.8. The highest BCUT2D eigenvalue weighted by Crippen LogP contribution is 2.28. The molecule has 0 radical (unpaired) electrons. The van der Waals surface area contributed by atoms with Crippen LogP contribution in [-0.2, 0) is 15.8 Å². The Morgan fingerprint density at radius 3 is 2.29 bits per heavy atom. The normalized spacial score (nSPS) is 17.4. The highest BCUT2D eigenvalue weighted by molar-refractivity contribution is 7.66. The summed E-state index contributed by atoms with van der Waals surface area (Å²) in [4.78, 5) is 15.6. The van der Waals surface area contributed by atoms with Crippen molar-refractivity contribution < 1.29 is 17.8 Å². The topological polar surface area (TPSA) is 104 Å². The average Bonchev–Trinajstić information content (AvgIpc) is 2.63. The minimum absolute atomic E-state index is 0.0180. The first-order valence-electron chi connectivity index (χ1n) is 6.02. The van der Waals surface area contributed by atoms with Gasteiger partial charge in [-0.3, -0.25) is 9.35 Å². The Kier molecular flexibility index (Phi) is 8.10. The van der Waals surface area contributed by atoms with Gasteiger partial charge in [0.25, 0.3) is 11.0 Å². The van der Waals surface area contributed by atoms with E-state index in [4.69, 9.17) is 18.7 Å². The molecule has 3 N–H and O–H groups in total. The van der Waals surface area contributed by atoms with Gasteiger partial charge in [-0.05, 0) is 6.08 Å². The van der Waals surface area contributed by atoms with E-state index in [1.807, 2.05) is 22.9 Å². The second-order valence-corrected chi connectivity index (χ2v) is 4.57. The third-order valence-electron chi connectivity index (χ3n) is 2.84. The Labute approximate surface area is 126 Å². The third kappa shape index (κ3) is 5.09. The standard InChI is InChI=1S/C13H19N3O.H2O3S/c1-5-8-11-15(4)13(14)12(10(17)7-3)16(11)9-6-2;1-4(2)3/h5-7,11H,1-3,8-9,14H2,4H3;4H,(H,1,2,3). The van der Waals surface area contributed by atoms with Crippen LogP contribution < -0.4 is 5.73 Å². The lowest BCUT2D eigenvalue weighted by Gasteiger charge is -2.30. The van der Waals surface area contributed by atoms with E-state index >= 15 is 0 Å². The van der Waals surface area contributed by atoms with Crippen LogP contribution in [0.3, 0.4) is 0 Å². The van der Waals surface area contributed by atoms with Crippen molar-refractivity contribution in [1.82, 2.24) is 9.80 Å². The lowest BCUT2D eigenvalue weighted by molar-refractivity contribution is -0.112. The van der Waals surface area contributed by atoms with Crippen LogP contribution in [0.25, 0.3) is 0 Å². The summed E-state index contributed by atoms with van der Waals surface area (Å²) in [5.74, 6) is 0.311. The molecule has 1 aliphatic rings. The molecule has 0 bridgehead atoms. The smallest absolute Gasteiger partial charge is 0.254 e. The van der Waals surface area contributed by atoms with E-state index < -0.39 is 11.0 Å². The molecule has 8 heteroatoms. The van der Waals surface area contributed by atoms with Crippen LogP contribution in [0.5, 0.6) is 0 Å². The fourth-order valence-electron chi connectivity index (χ4n) is 1.98. The van der Waals surface area contributed by atoms with Crippen LogP contribution in [0, 0.1) is 0 Å². The molecule has 1 rings (SSSR count). The summed E-state index contributed by atoms with van der Waals surface area (Å²) >= 11 is 0. The van der Waals surface area contributed by atoms with E-state index in [1.165, 1.54) is 6.08 Å². The number of carbonyl (C=O) groups is 1. The Morgan fingerprint density at radius 2 is 1.90 bits per heavy atom. The number of nitrogens with zero attached hydrogens (tertiary/aromatic N) is 2. The molecule has 0 spiro atoms. The maximum atomic E-state index is 11.8. The summed E-state index contributed by atoms with van der Waals surface area (Å²) in [7, 11) is -1.26. The fraction of sp³-hybridized carbons (Fsp3) is 0.308. The molecule has 1 atom stereocenters. The van der Waals surface area contributed by atoms with Gasteiger partial charge < -0.3 is 15.5 Å². The Bertz CT molecular complexity index is 518. The fourth-order valence-corrected chi connectivity index (χ4v) is 1.98. The van der Waals surface area contributed by atoms with Crippen molar-refractivity contribution in [2.24, 2.45) is 5.73 Å². The molecule has 0 fully saturated rings. The first-order chi connectivity index (χ1) is 9.81. The molecule has 1 heterocycles. The first kappa shape index (κ1) is 18.9. The van der Waals surface area contributed by atoms with Crippen LogP contribution in [-0.4, -0.2) is 48.3 Å². The Hall–Kier alpha value is -2.06. The molecule has 7 nitrogen and oxygen atoms in total. The van der Waals surface area contributed by atoms with Crippen molar-refractivity contribution in [3.8, 4) is 0 Å². The Balaban J connectivity index is 0.000000885. The molecule has 1 aliphatic heterocycles. The summed E-state index contributed by atoms with van der Waals surface area (Å²) in [5.41, 5.74) is 6.46. The number of nitrogens with two attached hydrogens (primary N) is 1. The number of rotatable bonds is 6. The van der Waals surface area contributed by atoms with Crippen molar-refractivity contribution in [3.05, 3.63) is 49.5 Å². The summed E-state index contributed by atoms with van der Waals surface area (Å²) < 4.78 is 24.2. The molecule has 0 aliphatic carbocycles. The summed E-state index contributed by atoms with van der Waals surface area (Å²) in [6.07, 6.45) is 5.58. The second kappa shape index (κ2) is 8.98. The number of ketones is 1. The van der Waals surface area contributed by atoms with E-state index in [2.05, 4.69) is 19.7 Å². The van der Waals surface area contributed by atoms with Gasteiger partial charge in [0.05, 0.1) is 0 Å². The van der Waals surface area contributed by atoms with Crippen molar-refractivity contribution in [1.29, 1.82) is 0 Å². The first-order valence-corrected chi connectivity index (χ1v) is 7.15. The maximum Gasteiger partial charge on any atom is 0.254 e. The van der Waals surface area contributed by atoms with Gasteiger partial charge in [0.15, 0.2) is 0 Å². The SMILES string of the molecule is C=CCC1N(C)C(N)=C(C(=O)C=C)N1CC=C.O=[SH](=O)O. The zero-order valence-electron chi connectivity index (χ0n) is 11.9. The van der Waals surface area contributed by atoms with E-state index in [0.29, 0.717) is 18.1 Å². The number of hydrogen-bond acceptors (Lipinski definition) is 6. The minimum Gasteiger partial charge on any atom is -0.383 e. The Morgan fingerprint density at radius 1 is 1.38 bits per heavy atom. The molecule has 0 aromatic carbocycles. The summed E-state index contributed by atoms with van der Waals surface area (Å²) in [5, 5.41) is 0. The molecule has 118 valence electrons. The number of carbonyl (C=O) groups excluding carboxylic acids is 1. The molecule has 0 amide bonds. The molecule has 0 saturated carbocycles. The molecule has 0 saturated heterocycles.